The lowest BCUT2D eigenvalue weighted by Crippen LogP contribution is -2.23. The fraction of sp³-hybridized carbons (Fsp3) is 0.235. The first kappa shape index (κ1) is 15.1. The summed E-state index contributed by atoms with van der Waals surface area (Å²) in [6.07, 6.45) is 0. The molecule has 4 nitrogen and oxygen atoms in total. The van der Waals surface area contributed by atoms with Crippen molar-refractivity contribution in [3.8, 4) is 5.75 Å². The molecule has 21 heavy (non-hydrogen) atoms. The molecule has 2 rings (SSSR count). The molecule has 0 unspecified atom stereocenters. The number of aliphatic hydroxyl groups excluding tert-OH is 1. The van der Waals surface area contributed by atoms with Crippen LogP contribution < -0.4 is 10.1 Å². The number of ether oxygens (including phenoxy) is 1. The van der Waals surface area contributed by atoms with E-state index in [9.17, 15) is 4.79 Å². The van der Waals surface area contributed by atoms with E-state index in [2.05, 4.69) is 5.32 Å². The van der Waals surface area contributed by atoms with Crippen molar-refractivity contribution in [2.24, 2.45) is 0 Å². The lowest BCUT2D eigenvalue weighted by molar-refractivity contribution is 0.0950. The van der Waals surface area contributed by atoms with Crippen molar-refractivity contribution in [2.45, 2.75) is 13.5 Å². The van der Waals surface area contributed by atoms with Crippen molar-refractivity contribution in [1.29, 1.82) is 0 Å². The first-order chi connectivity index (χ1) is 10.2. The van der Waals surface area contributed by atoms with E-state index in [0.29, 0.717) is 17.9 Å². The van der Waals surface area contributed by atoms with Crippen LogP contribution in [-0.2, 0) is 6.54 Å². The summed E-state index contributed by atoms with van der Waals surface area (Å²) in [5.74, 6) is 0.558. The summed E-state index contributed by atoms with van der Waals surface area (Å²) in [5.41, 5.74) is 2.63. The van der Waals surface area contributed by atoms with E-state index in [-0.39, 0.29) is 19.1 Å². The summed E-state index contributed by atoms with van der Waals surface area (Å²) in [6, 6.07) is 14.9. The molecule has 0 radical (unpaired) electrons. The van der Waals surface area contributed by atoms with Gasteiger partial charge in [0.25, 0.3) is 5.91 Å². The van der Waals surface area contributed by atoms with Crippen molar-refractivity contribution in [3.05, 3.63) is 65.2 Å². The molecule has 0 saturated carbocycles. The van der Waals surface area contributed by atoms with Crippen LogP contribution in [-0.4, -0.2) is 24.2 Å². The minimum Gasteiger partial charge on any atom is -0.491 e. The molecule has 0 saturated heterocycles. The Bertz CT molecular complexity index is 593. The Morgan fingerprint density at radius 1 is 1.14 bits per heavy atom. The summed E-state index contributed by atoms with van der Waals surface area (Å²) in [5, 5.41) is 11.7. The van der Waals surface area contributed by atoms with Crippen molar-refractivity contribution in [3.63, 3.8) is 0 Å². The molecule has 0 bridgehead atoms. The van der Waals surface area contributed by atoms with E-state index in [1.807, 2.05) is 43.3 Å². The number of carbonyl (C=O) groups is 1. The van der Waals surface area contributed by atoms with Crippen LogP contribution in [0, 0.1) is 6.92 Å². The predicted octanol–water partition coefficient (Wildman–Crippen LogP) is 2.30. The highest BCUT2D eigenvalue weighted by Gasteiger charge is 2.07. The molecule has 1 amide bonds. The van der Waals surface area contributed by atoms with Crippen LogP contribution >= 0.6 is 0 Å². The summed E-state index contributed by atoms with van der Waals surface area (Å²) in [6.45, 7) is 2.57. The van der Waals surface area contributed by atoms with Crippen LogP contribution in [0.5, 0.6) is 5.75 Å². The molecule has 0 heterocycles. The minimum atomic E-state index is -0.119. The quantitative estimate of drug-likeness (QED) is 0.856. The number of aliphatic hydroxyl groups is 1. The topological polar surface area (TPSA) is 58.6 Å². The van der Waals surface area contributed by atoms with Crippen LogP contribution in [0.2, 0.25) is 0 Å². The third-order valence-electron chi connectivity index (χ3n) is 3.07. The molecule has 4 heteroatoms. The zero-order valence-electron chi connectivity index (χ0n) is 12.0. The zero-order chi connectivity index (χ0) is 15.1. The number of aryl methyl sites for hydroxylation is 1. The first-order valence-electron chi connectivity index (χ1n) is 6.87. The second-order valence-electron chi connectivity index (χ2n) is 4.73. The van der Waals surface area contributed by atoms with Gasteiger partial charge < -0.3 is 15.2 Å². The Labute approximate surface area is 124 Å². The Kier molecular flexibility index (Phi) is 5.35. The lowest BCUT2D eigenvalue weighted by atomic mass is 10.1. The highest BCUT2D eigenvalue weighted by Crippen LogP contribution is 2.17. The molecule has 2 aromatic carbocycles. The predicted molar refractivity (Wildman–Crippen MR) is 81.4 cm³/mol. The standard InChI is InChI=1S/C17H19NO3/c1-13-6-8-14(9-7-13)17(20)18-12-15-4-2-3-5-16(15)21-11-10-19/h2-9,19H,10-12H2,1H3,(H,18,20). The van der Waals surface area contributed by atoms with Crippen LogP contribution in [0.1, 0.15) is 21.5 Å². The Balaban J connectivity index is 1.99. The maximum Gasteiger partial charge on any atom is 0.251 e. The monoisotopic (exact) mass is 285 g/mol. The molecular weight excluding hydrogens is 266 g/mol. The van der Waals surface area contributed by atoms with Gasteiger partial charge in [0.1, 0.15) is 12.4 Å². The number of para-hydroxylation sites is 1. The molecule has 110 valence electrons. The van der Waals surface area contributed by atoms with Gasteiger partial charge in [0.15, 0.2) is 0 Å². The molecule has 0 aliphatic rings. The normalized spacial score (nSPS) is 10.2. The fourth-order valence-corrected chi connectivity index (χ4v) is 1.93. The number of rotatable bonds is 6. The minimum absolute atomic E-state index is 0.0376. The van der Waals surface area contributed by atoms with E-state index < -0.39 is 0 Å². The van der Waals surface area contributed by atoms with Gasteiger partial charge in [-0.25, -0.2) is 0 Å². The first-order valence-corrected chi connectivity index (χ1v) is 6.87. The number of amides is 1. The number of carbonyl (C=O) groups excluding carboxylic acids is 1. The molecule has 0 aliphatic carbocycles. The van der Waals surface area contributed by atoms with Gasteiger partial charge in [-0.3, -0.25) is 4.79 Å². The Morgan fingerprint density at radius 2 is 1.86 bits per heavy atom. The van der Waals surface area contributed by atoms with Crippen LogP contribution in [0.15, 0.2) is 48.5 Å². The summed E-state index contributed by atoms with van der Waals surface area (Å²) in [4.78, 5) is 12.1. The second-order valence-corrected chi connectivity index (χ2v) is 4.73. The van der Waals surface area contributed by atoms with Gasteiger partial charge in [-0.2, -0.15) is 0 Å². The van der Waals surface area contributed by atoms with Crippen LogP contribution in [0.4, 0.5) is 0 Å². The number of hydrogen-bond acceptors (Lipinski definition) is 3. The SMILES string of the molecule is Cc1ccc(C(=O)NCc2ccccc2OCCO)cc1. The van der Waals surface area contributed by atoms with Gasteiger partial charge in [0.2, 0.25) is 0 Å². The highest BCUT2D eigenvalue weighted by molar-refractivity contribution is 5.94. The van der Waals surface area contributed by atoms with E-state index in [0.717, 1.165) is 11.1 Å². The summed E-state index contributed by atoms with van der Waals surface area (Å²) < 4.78 is 5.44. The lowest BCUT2D eigenvalue weighted by Gasteiger charge is -2.11. The molecule has 2 N–H and O–H groups in total. The average Bonchev–Trinajstić information content (AvgIpc) is 2.52. The van der Waals surface area contributed by atoms with Gasteiger partial charge in [0, 0.05) is 17.7 Å². The van der Waals surface area contributed by atoms with E-state index in [1.165, 1.54) is 0 Å². The van der Waals surface area contributed by atoms with Gasteiger partial charge in [-0.05, 0) is 25.1 Å². The molecule has 0 fully saturated rings. The Morgan fingerprint density at radius 3 is 2.57 bits per heavy atom. The van der Waals surface area contributed by atoms with Crippen molar-refractivity contribution < 1.29 is 14.6 Å². The molecular formula is C17H19NO3. The third kappa shape index (κ3) is 4.33. The second kappa shape index (κ2) is 7.45. The maximum atomic E-state index is 12.1. The van der Waals surface area contributed by atoms with Crippen LogP contribution in [0.25, 0.3) is 0 Å². The van der Waals surface area contributed by atoms with Gasteiger partial charge in [-0.1, -0.05) is 35.9 Å². The molecule has 2 aromatic rings. The van der Waals surface area contributed by atoms with Gasteiger partial charge in [0.05, 0.1) is 6.61 Å². The van der Waals surface area contributed by atoms with E-state index in [4.69, 9.17) is 9.84 Å². The molecule has 0 spiro atoms. The van der Waals surface area contributed by atoms with Gasteiger partial charge in [-0.15, -0.1) is 0 Å². The van der Waals surface area contributed by atoms with E-state index >= 15 is 0 Å². The fourth-order valence-electron chi connectivity index (χ4n) is 1.93. The van der Waals surface area contributed by atoms with Crippen molar-refractivity contribution in [1.82, 2.24) is 5.32 Å². The molecule has 0 atom stereocenters. The highest BCUT2D eigenvalue weighted by atomic mass is 16.5. The molecule has 0 aromatic heterocycles. The molecule has 0 aliphatic heterocycles. The summed E-state index contributed by atoms with van der Waals surface area (Å²) in [7, 11) is 0. The smallest absolute Gasteiger partial charge is 0.251 e. The number of nitrogens with one attached hydrogen (secondary N) is 1. The average molecular weight is 285 g/mol. The van der Waals surface area contributed by atoms with Crippen LogP contribution in [0.3, 0.4) is 0 Å². The third-order valence-corrected chi connectivity index (χ3v) is 3.07. The maximum absolute atomic E-state index is 12.1. The number of benzene rings is 2. The zero-order valence-corrected chi connectivity index (χ0v) is 12.0. The van der Waals surface area contributed by atoms with Crippen molar-refractivity contribution >= 4 is 5.91 Å². The largest absolute Gasteiger partial charge is 0.491 e. The van der Waals surface area contributed by atoms with Crippen molar-refractivity contribution in [2.75, 3.05) is 13.2 Å². The summed E-state index contributed by atoms with van der Waals surface area (Å²) >= 11 is 0. The Hall–Kier alpha value is -2.33. The van der Waals surface area contributed by atoms with Gasteiger partial charge >= 0.3 is 0 Å². The number of hydrogen-bond donors (Lipinski definition) is 2. The van der Waals surface area contributed by atoms with E-state index in [1.54, 1.807) is 12.1 Å².